The van der Waals surface area contributed by atoms with Crippen LogP contribution in [0.1, 0.15) is 48.9 Å². The molecule has 2 aliphatic rings. The van der Waals surface area contributed by atoms with Crippen LogP contribution in [0.25, 0.3) is 33.4 Å². The van der Waals surface area contributed by atoms with E-state index in [1.54, 1.807) is 0 Å². The minimum atomic E-state index is -0.0880. The Hall–Kier alpha value is -5.08. The zero-order valence-electron chi connectivity index (χ0n) is 24.6. The van der Waals surface area contributed by atoms with Gasteiger partial charge in [0.1, 0.15) is 0 Å². The standard InChI is InChI=1S/C41H32O2/c1-26(27-16-20-30(21-17-27)29-10-5-4-6-11-29)28-18-22-31(23-19-28)32-13-9-15-36-39(32)42-37-25-24-35-38(40(37)43-36)33-12-7-8-14-34(33)41(35,2)3/h4-26H,1-3H3. The molecule has 0 radical (unpaired) electrons. The molecule has 2 heteroatoms. The smallest absolute Gasteiger partial charge is 0.178 e. The molecule has 0 fully saturated rings. The maximum Gasteiger partial charge on any atom is 0.178 e. The zero-order chi connectivity index (χ0) is 29.1. The number of ether oxygens (including phenoxy) is 2. The minimum Gasteiger partial charge on any atom is -0.449 e. The molecule has 1 aliphatic carbocycles. The van der Waals surface area contributed by atoms with Gasteiger partial charge in [0.2, 0.25) is 0 Å². The summed E-state index contributed by atoms with van der Waals surface area (Å²) in [5, 5.41) is 0. The molecule has 1 unspecified atom stereocenters. The van der Waals surface area contributed by atoms with Crippen LogP contribution in [0.15, 0.2) is 133 Å². The molecule has 6 aromatic rings. The third-order valence-corrected chi connectivity index (χ3v) is 9.31. The second kappa shape index (κ2) is 9.74. The Balaban J connectivity index is 1.09. The van der Waals surface area contributed by atoms with Gasteiger partial charge in [-0.1, -0.05) is 142 Å². The lowest BCUT2D eigenvalue weighted by molar-refractivity contribution is 0.361. The van der Waals surface area contributed by atoms with Crippen molar-refractivity contribution < 1.29 is 9.47 Å². The molecule has 0 bridgehead atoms. The van der Waals surface area contributed by atoms with E-state index in [2.05, 4.69) is 142 Å². The molecule has 6 aromatic carbocycles. The fourth-order valence-electron chi connectivity index (χ4n) is 6.81. The number of fused-ring (bicyclic) bond motifs is 6. The van der Waals surface area contributed by atoms with Crippen molar-refractivity contribution in [1.29, 1.82) is 0 Å². The molecule has 2 nitrogen and oxygen atoms in total. The Morgan fingerprint density at radius 1 is 0.465 bits per heavy atom. The van der Waals surface area contributed by atoms with Crippen molar-refractivity contribution in [3.8, 4) is 56.4 Å². The highest BCUT2D eigenvalue weighted by Gasteiger charge is 2.39. The van der Waals surface area contributed by atoms with Gasteiger partial charge in [-0.05, 0) is 56.6 Å². The molecular weight excluding hydrogens is 524 g/mol. The second-order valence-electron chi connectivity index (χ2n) is 12.2. The summed E-state index contributed by atoms with van der Waals surface area (Å²) in [6, 6.07) is 47.4. The SMILES string of the molecule is CC(c1ccc(-c2ccccc2)cc1)c1ccc(-c2cccc3c2Oc2ccc4c(c2O3)-c2ccccc2C4(C)C)cc1. The molecule has 43 heavy (non-hydrogen) atoms. The average Bonchev–Trinajstić information content (AvgIpc) is 3.30. The summed E-state index contributed by atoms with van der Waals surface area (Å²) in [5.74, 6) is 3.36. The first kappa shape index (κ1) is 25.6. The monoisotopic (exact) mass is 556 g/mol. The summed E-state index contributed by atoms with van der Waals surface area (Å²) in [6.45, 7) is 6.83. The quantitative estimate of drug-likeness (QED) is 0.215. The van der Waals surface area contributed by atoms with Gasteiger partial charge in [-0.15, -0.1) is 0 Å². The van der Waals surface area contributed by atoms with Crippen LogP contribution < -0.4 is 9.47 Å². The number of rotatable bonds is 4. The Morgan fingerprint density at radius 2 is 1.05 bits per heavy atom. The molecule has 8 rings (SSSR count). The van der Waals surface area contributed by atoms with Gasteiger partial charge in [0.05, 0.1) is 0 Å². The fraction of sp³-hybridized carbons (Fsp3) is 0.122. The summed E-state index contributed by atoms with van der Waals surface area (Å²) in [5.41, 5.74) is 12.1. The molecular formula is C41H32O2. The van der Waals surface area contributed by atoms with Crippen LogP contribution in [-0.4, -0.2) is 0 Å². The van der Waals surface area contributed by atoms with E-state index in [0.717, 1.165) is 39.7 Å². The molecule has 0 saturated heterocycles. The van der Waals surface area contributed by atoms with Crippen molar-refractivity contribution in [3.63, 3.8) is 0 Å². The van der Waals surface area contributed by atoms with E-state index >= 15 is 0 Å². The van der Waals surface area contributed by atoms with Crippen LogP contribution in [0, 0.1) is 0 Å². The van der Waals surface area contributed by atoms with Crippen molar-refractivity contribution >= 4 is 0 Å². The highest BCUT2D eigenvalue weighted by molar-refractivity contribution is 5.88. The van der Waals surface area contributed by atoms with E-state index in [1.165, 1.54) is 38.9 Å². The van der Waals surface area contributed by atoms with Gasteiger partial charge in [0.25, 0.3) is 0 Å². The molecule has 0 spiro atoms. The van der Waals surface area contributed by atoms with E-state index < -0.39 is 0 Å². The van der Waals surface area contributed by atoms with E-state index in [4.69, 9.17) is 9.47 Å². The van der Waals surface area contributed by atoms with Crippen LogP contribution in [-0.2, 0) is 5.41 Å². The lowest BCUT2D eigenvalue weighted by atomic mass is 9.82. The summed E-state index contributed by atoms with van der Waals surface area (Å²) in [7, 11) is 0. The van der Waals surface area contributed by atoms with Gasteiger partial charge in [-0.2, -0.15) is 0 Å². The van der Waals surface area contributed by atoms with Gasteiger partial charge in [-0.25, -0.2) is 0 Å². The largest absolute Gasteiger partial charge is 0.449 e. The van der Waals surface area contributed by atoms with E-state index in [1.807, 2.05) is 12.1 Å². The van der Waals surface area contributed by atoms with Gasteiger partial charge >= 0.3 is 0 Å². The molecule has 0 N–H and O–H groups in total. The zero-order valence-corrected chi connectivity index (χ0v) is 24.6. The third-order valence-electron chi connectivity index (χ3n) is 9.31. The maximum atomic E-state index is 6.67. The summed E-state index contributed by atoms with van der Waals surface area (Å²) >= 11 is 0. The van der Waals surface area contributed by atoms with Crippen LogP contribution >= 0.6 is 0 Å². The van der Waals surface area contributed by atoms with Crippen molar-refractivity contribution in [3.05, 3.63) is 156 Å². The number of para-hydroxylation sites is 1. The van der Waals surface area contributed by atoms with E-state index in [-0.39, 0.29) is 11.3 Å². The Labute approximate surface area is 253 Å². The minimum absolute atomic E-state index is 0.0880. The summed E-state index contributed by atoms with van der Waals surface area (Å²) in [6.07, 6.45) is 0. The summed E-state index contributed by atoms with van der Waals surface area (Å²) < 4.78 is 13.3. The van der Waals surface area contributed by atoms with Crippen LogP contribution in [0.5, 0.6) is 23.0 Å². The second-order valence-corrected chi connectivity index (χ2v) is 12.2. The van der Waals surface area contributed by atoms with Crippen molar-refractivity contribution in [2.24, 2.45) is 0 Å². The lowest BCUT2D eigenvalue weighted by Crippen LogP contribution is -2.15. The van der Waals surface area contributed by atoms with E-state index in [0.29, 0.717) is 0 Å². The van der Waals surface area contributed by atoms with E-state index in [9.17, 15) is 0 Å². The van der Waals surface area contributed by atoms with Crippen LogP contribution in [0.4, 0.5) is 0 Å². The molecule has 1 aliphatic heterocycles. The van der Waals surface area contributed by atoms with Crippen molar-refractivity contribution in [2.75, 3.05) is 0 Å². The van der Waals surface area contributed by atoms with Crippen molar-refractivity contribution in [1.82, 2.24) is 0 Å². The summed E-state index contributed by atoms with van der Waals surface area (Å²) in [4.78, 5) is 0. The highest BCUT2D eigenvalue weighted by atomic mass is 16.6. The van der Waals surface area contributed by atoms with Crippen molar-refractivity contribution in [2.45, 2.75) is 32.1 Å². The highest BCUT2D eigenvalue weighted by Crippen LogP contribution is 2.59. The van der Waals surface area contributed by atoms with Crippen LogP contribution in [0.2, 0.25) is 0 Å². The predicted octanol–water partition coefficient (Wildman–Crippen LogP) is 11.4. The molecule has 1 heterocycles. The molecule has 1 atom stereocenters. The number of hydrogen-bond acceptors (Lipinski definition) is 2. The molecule has 0 aromatic heterocycles. The molecule has 0 amide bonds. The fourth-order valence-corrected chi connectivity index (χ4v) is 6.81. The number of hydrogen-bond donors (Lipinski definition) is 0. The third kappa shape index (κ3) is 4.09. The lowest BCUT2D eigenvalue weighted by Gasteiger charge is -2.26. The predicted molar refractivity (Wildman–Crippen MR) is 175 cm³/mol. The van der Waals surface area contributed by atoms with Gasteiger partial charge in [0, 0.05) is 22.5 Å². The van der Waals surface area contributed by atoms with Gasteiger partial charge in [-0.3, -0.25) is 0 Å². The Morgan fingerprint density at radius 3 is 1.79 bits per heavy atom. The van der Waals surface area contributed by atoms with Gasteiger partial charge in [0.15, 0.2) is 23.0 Å². The first-order valence-corrected chi connectivity index (χ1v) is 15.0. The first-order chi connectivity index (χ1) is 21.0. The normalized spacial score (nSPS) is 14.4. The Bertz CT molecular complexity index is 1980. The average molecular weight is 557 g/mol. The molecule has 208 valence electrons. The Kier molecular flexibility index (Phi) is 5.80. The topological polar surface area (TPSA) is 18.5 Å². The number of benzene rings is 6. The van der Waals surface area contributed by atoms with Gasteiger partial charge < -0.3 is 9.47 Å². The molecule has 0 saturated carbocycles. The maximum absolute atomic E-state index is 6.67. The van der Waals surface area contributed by atoms with Crippen LogP contribution in [0.3, 0.4) is 0 Å². The first-order valence-electron chi connectivity index (χ1n) is 15.0.